The van der Waals surface area contributed by atoms with Crippen LogP contribution < -0.4 is 16.0 Å². The van der Waals surface area contributed by atoms with Gasteiger partial charge in [-0.25, -0.2) is 9.97 Å². The smallest absolute Gasteiger partial charge is 0.366 e. The minimum atomic E-state index is -4.47. The van der Waals surface area contributed by atoms with Crippen molar-refractivity contribution in [2.45, 2.75) is 32.1 Å². The first-order valence-electron chi connectivity index (χ1n) is 11.7. The lowest BCUT2D eigenvalue weighted by atomic mass is 10.1. The number of benzene rings is 1. The predicted octanol–water partition coefficient (Wildman–Crippen LogP) is 2.27. The van der Waals surface area contributed by atoms with Gasteiger partial charge in [0.1, 0.15) is 0 Å². The Balaban J connectivity index is 1.22. The number of hydrogen-bond acceptors (Lipinski definition) is 6. The SMILES string of the molecule is CC(C(=O)NCCCn1ccc2ccc(C(N)=O)cc21)N1CCN(c2ncc(C(F)(F)F)cn2)CC1. The fourth-order valence-electron chi connectivity index (χ4n) is 4.25. The van der Waals surface area contributed by atoms with Gasteiger partial charge in [-0.05, 0) is 36.9 Å². The van der Waals surface area contributed by atoms with Crippen LogP contribution >= 0.6 is 0 Å². The van der Waals surface area contributed by atoms with E-state index < -0.39 is 17.6 Å². The van der Waals surface area contributed by atoms with Gasteiger partial charge in [-0.3, -0.25) is 14.5 Å². The first-order valence-corrected chi connectivity index (χ1v) is 11.7. The third kappa shape index (κ3) is 5.76. The number of nitrogens with zero attached hydrogens (tertiary/aromatic N) is 5. The number of rotatable bonds is 8. The second kappa shape index (κ2) is 10.5. The summed E-state index contributed by atoms with van der Waals surface area (Å²) >= 11 is 0. The second-order valence-corrected chi connectivity index (χ2v) is 8.76. The predicted molar refractivity (Wildman–Crippen MR) is 128 cm³/mol. The molecule has 36 heavy (non-hydrogen) atoms. The summed E-state index contributed by atoms with van der Waals surface area (Å²) < 4.78 is 40.2. The highest BCUT2D eigenvalue weighted by molar-refractivity contribution is 5.97. The number of amides is 2. The van der Waals surface area contributed by atoms with Crippen molar-refractivity contribution in [1.82, 2.24) is 24.8 Å². The van der Waals surface area contributed by atoms with Crippen LogP contribution in [0, 0.1) is 0 Å². The molecule has 2 aromatic heterocycles. The van der Waals surface area contributed by atoms with E-state index in [9.17, 15) is 22.8 Å². The Kier molecular flexibility index (Phi) is 7.43. The maximum atomic E-state index is 12.7. The molecule has 1 fully saturated rings. The van der Waals surface area contributed by atoms with E-state index in [0.717, 1.165) is 23.3 Å². The number of halogens is 3. The van der Waals surface area contributed by atoms with Gasteiger partial charge in [-0.15, -0.1) is 0 Å². The molecule has 2 amide bonds. The third-order valence-electron chi connectivity index (χ3n) is 6.42. The van der Waals surface area contributed by atoms with Crippen molar-refractivity contribution in [1.29, 1.82) is 0 Å². The minimum Gasteiger partial charge on any atom is -0.366 e. The molecule has 9 nitrogen and oxygen atoms in total. The van der Waals surface area contributed by atoms with Crippen LogP contribution in [0.2, 0.25) is 0 Å². The van der Waals surface area contributed by atoms with Gasteiger partial charge in [0, 0.05) is 68.9 Å². The van der Waals surface area contributed by atoms with Gasteiger partial charge >= 0.3 is 6.18 Å². The van der Waals surface area contributed by atoms with Crippen molar-refractivity contribution in [2.24, 2.45) is 5.73 Å². The highest BCUT2D eigenvalue weighted by Gasteiger charge is 2.32. The average molecular weight is 504 g/mol. The van der Waals surface area contributed by atoms with Crippen LogP contribution in [-0.4, -0.2) is 70.0 Å². The lowest BCUT2D eigenvalue weighted by Crippen LogP contribution is -2.54. The van der Waals surface area contributed by atoms with Gasteiger partial charge in [-0.2, -0.15) is 13.2 Å². The summed E-state index contributed by atoms with van der Waals surface area (Å²) in [5.41, 5.74) is 5.87. The van der Waals surface area contributed by atoms with Gasteiger partial charge in [0.25, 0.3) is 0 Å². The molecule has 1 unspecified atom stereocenters. The molecule has 3 heterocycles. The van der Waals surface area contributed by atoms with Crippen LogP contribution in [0.3, 0.4) is 0 Å². The Bertz CT molecular complexity index is 1220. The van der Waals surface area contributed by atoms with Crippen LogP contribution in [0.4, 0.5) is 19.1 Å². The molecular weight excluding hydrogens is 475 g/mol. The van der Waals surface area contributed by atoms with E-state index in [4.69, 9.17) is 5.73 Å². The number of carbonyl (C=O) groups is 2. The van der Waals surface area contributed by atoms with E-state index in [0.29, 0.717) is 51.3 Å². The molecule has 0 aliphatic carbocycles. The number of piperazine rings is 1. The molecule has 1 aliphatic heterocycles. The molecule has 1 atom stereocenters. The number of hydrogen-bond donors (Lipinski definition) is 2. The van der Waals surface area contributed by atoms with Crippen molar-refractivity contribution >= 4 is 28.7 Å². The normalized spacial score (nSPS) is 15.7. The quantitative estimate of drug-likeness (QED) is 0.457. The number of primary amides is 1. The van der Waals surface area contributed by atoms with Crippen LogP contribution in [0.15, 0.2) is 42.9 Å². The Morgan fingerprint density at radius 1 is 1.11 bits per heavy atom. The largest absolute Gasteiger partial charge is 0.419 e. The molecule has 1 saturated heterocycles. The molecule has 0 spiro atoms. The minimum absolute atomic E-state index is 0.0809. The van der Waals surface area contributed by atoms with E-state index in [-0.39, 0.29) is 17.9 Å². The van der Waals surface area contributed by atoms with Gasteiger partial charge in [0.2, 0.25) is 17.8 Å². The summed E-state index contributed by atoms with van der Waals surface area (Å²) in [4.78, 5) is 35.7. The molecule has 0 bridgehead atoms. The number of aromatic nitrogens is 3. The van der Waals surface area contributed by atoms with Crippen molar-refractivity contribution in [3.05, 3.63) is 54.0 Å². The summed E-state index contributed by atoms with van der Waals surface area (Å²) in [7, 11) is 0. The maximum absolute atomic E-state index is 12.7. The van der Waals surface area contributed by atoms with E-state index >= 15 is 0 Å². The first kappa shape index (κ1) is 25.4. The Morgan fingerprint density at radius 2 is 1.81 bits per heavy atom. The zero-order chi connectivity index (χ0) is 25.9. The van der Waals surface area contributed by atoms with Crippen molar-refractivity contribution < 1.29 is 22.8 Å². The summed E-state index contributed by atoms with van der Waals surface area (Å²) in [5.74, 6) is -0.304. The molecule has 12 heteroatoms. The Labute approximate surface area is 206 Å². The van der Waals surface area contributed by atoms with Crippen LogP contribution in [0.5, 0.6) is 0 Å². The molecule has 4 rings (SSSR count). The second-order valence-electron chi connectivity index (χ2n) is 8.76. The lowest BCUT2D eigenvalue weighted by molar-refractivity contribution is -0.138. The third-order valence-corrected chi connectivity index (χ3v) is 6.42. The number of alkyl halides is 3. The highest BCUT2D eigenvalue weighted by Crippen LogP contribution is 2.28. The molecule has 0 radical (unpaired) electrons. The number of carbonyl (C=O) groups excluding carboxylic acids is 2. The fraction of sp³-hybridized carbons (Fsp3) is 0.417. The summed E-state index contributed by atoms with van der Waals surface area (Å²) in [5, 5.41) is 3.98. The van der Waals surface area contributed by atoms with Crippen LogP contribution in [0.25, 0.3) is 10.9 Å². The number of anilines is 1. The Hall–Kier alpha value is -3.67. The van der Waals surface area contributed by atoms with E-state index in [1.165, 1.54) is 0 Å². The zero-order valence-electron chi connectivity index (χ0n) is 19.8. The Morgan fingerprint density at radius 3 is 2.44 bits per heavy atom. The number of fused-ring (bicyclic) bond motifs is 1. The van der Waals surface area contributed by atoms with Gasteiger partial charge in [0.05, 0.1) is 11.6 Å². The topological polar surface area (TPSA) is 109 Å². The molecule has 192 valence electrons. The van der Waals surface area contributed by atoms with Crippen molar-refractivity contribution in [3.8, 4) is 0 Å². The zero-order valence-corrected chi connectivity index (χ0v) is 19.8. The number of nitrogens with two attached hydrogens (primary N) is 1. The highest BCUT2D eigenvalue weighted by atomic mass is 19.4. The standard InChI is InChI=1S/C24H28F3N7O2/c1-16(32-9-11-34(12-10-32)23-30-14-19(15-31-23)24(25,26)27)22(36)29-6-2-7-33-8-5-17-3-4-18(21(28)35)13-20(17)33/h3-5,8,13-16H,2,6-7,9-12H2,1H3,(H2,28,35)(H,29,36). The van der Waals surface area contributed by atoms with Gasteiger partial charge < -0.3 is 20.5 Å². The molecule has 3 aromatic rings. The molecule has 1 aliphatic rings. The monoisotopic (exact) mass is 503 g/mol. The lowest BCUT2D eigenvalue weighted by Gasteiger charge is -2.37. The van der Waals surface area contributed by atoms with Crippen molar-refractivity contribution in [2.75, 3.05) is 37.6 Å². The maximum Gasteiger partial charge on any atom is 0.419 e. The molecular formula is C24H28F3N7O2. The summed E-state index contributed by atoms with van der Waals surface area (Å²) in [6.45, 7) is 5.16. The molecule has 3 N–H and O–H groups in total. The fourth-order valence-corrected chi connectivity index (χ4v) is 4.25. The first-order chi connectivity index (χ1) is 17.1. The number of nitrogens with one attached hydrogen (secondary N) is 1. The number of aryl methyl sites for hydroxylation is 1. The molecule has 0 saturated carbocycles. The van der Waals surface area contributed by atoms with E-state index in [2.05, 4.69) is 15.3 Å². The van der Waals surface area contributed by atoms with E-state index in [1.807, 2.05) is 39.6 Å². The van der Waals surface area contributed by atoms with E-state index in [1.54, 1.807) is 12.1 Å². The summed E-state index contributed by atoms with van der Waals surface area (Å²) in [6, 6.07) is 6.96. The van der Waals surface area contributed by atoms with Crippen LogP contribution in [0.1, 0.15) is 29.3 Å². The van der Waals surface area contributed by atoms with Crippen LogP contribution in [-0.2, 0) is 17.5 Å². The average Bonchev–Trinajstić information content (AvgIpc) is 3.28. The summed E-state index contributed by atoms with van der Waals surface area (Å²) in [6.07, 6.45) is -0.234. The van der Waals surface area contributed by atoms with Crippen molar-refractivity contribution in [3.63, 3.8) is 0 Å². The van der Waals surface area contributed by atoms with Gasteiger partial charge in [0.15, 0.2) is 0 Å². The van der Waals surface area contributed by atoms with Gasteiger partial charge in [-0.1, -0.05) is 6.07 Å². The molecule has 1 aromatic carbocycles.